The van der Waals surface area contributed by atoms with Crippen molar-refractivity contribution in [1.82, 2.24) is 10.2 Å². The Morgan fingerprint density at radius 3 is 2.00 bits per heavy atom. The van der Waals surface area contributed by atoms with E-state index in [1.54, 1.807) is 0 Å². The summed E-state index contributed by atoms with van der Waals surface area (Å²) >= 11 is 1.96. The van der Waals surface area contributed by atoms with Crippen LogP contribution in [0.1, 0.15) is 51.3 Å². The van der Waals surface area contributed by atoms with Crippen LogP contribution in [0.25, 0.3) is 0 Å². The molecule has 21 heavy (non-hydrogen) atoms. The lowest BCUT2D eigenvalue weighted by Crippen LogP contribution is -2.30. The van der Waals surface area contributed by atoms with Gasteiger partial charge >= 0.3 is 0 Å². The summed E-state index contributed by atoms with van der Waals surface area (Å²) in [6, 6.07) is 4.60. The van der Waals surface area contributed by atoms with Gasteiger partial charge in [0, 0.05) is 35.9 Å². The highest BCUT2D eigenvalue weighted by Crippen LogP contribution is 2.19. The molecule has 2 nitrogen and oxygen atoms in total. The van der Waals surface area contributed by atoms with Gasteiger partial charge in [-0.1, -0.05) is 41.5 Å². The van der Waals surface area contributed by atoms with E-state index in [1.165, 1.54) is 22.8 Å². The first-order chi connectivity index (χ1) is 9.86. The Labute approximate surface area is 135 Å². The normalized spacial score (nSPS) is 12.3. The quantitative estimate of drug-likeness (QED) is 0.679. The average molecular weight is 311 g/mol. The minimum atomic E-state index is 0.719. The van der Waals surface area contributed by atoms with Crippen LogP contribution in [0.3, 0.4) is 0 Å². The van der Waals surface area contributed by atoms with Gasteiger partial charge in [0.15, 0.2) is 0 Å². The minimum absolute atomic E-state index is 0.719. The lowest BCUT2D eigenvalue weighted by molar-refractivity contribution is 0.213. The summed E-state index contributed by atoms with van der Waals surface area (Å²) in [6.45, 7) is 19.3. The first kappa shape index (κ1) is 18.7. The van der Waals surface area contributed by atoms with E-state index in [0.717, 1.165) is 37.4 Å². The lowest BCUT2D eigenvalue weighted by Gasteiger charge is -2.25. The van der Waals surface area contributed by atoms with Crippen molar-refractivity contribution >= 4 is 11.3 Å². The summed E-state index contributed by atoms with van der Waals surface area (Å²) in [6.07, 6.45) is 0. The van der Waals surface area contributed by atoms with Gasteiger partial charge in [0.1, 0.15) is 0 Å². The zero-order valence-electron chi connectivity index (χ0n) is 14.8. The van der Waals surface area contributed by atoms with E-state index < -0.39 is 0 Å². The summed E-state index contributed by atoms with van der Waals surface area (Å²) in [5.41, 5.74) is 0. The predicted molar refractivity (Wildman–Crippen MR) is 95.8 cm³/mol. The molecule has 0 amide bonds. The Morgan fingerprint density at radius 1 is 0.905 bits per heavy atom. The monoisotopic (exact) mass is 310 g/mol. The Kier molecular flexibility index (Phi) is 8.53. The maximum absolute atomic E-state index is 3.53. The van der Waals surface area contributed by atoms with Crippen molar-refractivity contribution in [3.05, 3.63) is 21.9 Å². The third kappa shape index (κ3) is 8.60. The van der Waals surface area contributed by atoms with Crippen molar-refractivity contribution < 1.29 is 0 Å². The SMILES string of the molecule is CC(C)CNCc1ccc(CN(CC(C)C)CC(C)C)s1. The molecule has 1 N–H and O–H groups in total. The second-order valence-corrected chi connectivity index (χ2v) is 8.63. The molecule has 122 valence electrons. The molecule has 0 atom stereocenters. The molecule has 0 aliphatic rings. The predicted octanol–water partition coefficient (Wildman–Crippen LogP) is 4.61. The summed E-state index contributed by atoms with van der Waals surface area (Å²) in [7, 11) is 0. The number of hydrogen-bond donors (Lipinski definition) is 1. The van der Waals surface area contributed by atoms with Crippen LogP contribution in [-0.2, 0) is 13.1 Å². The van der Waals surface area contributed by atoms with E-state index >= 15 is 0 Å². The van der Waals surface area contributed by atoms with Crippen LogP contribution in [0.4, 0.5) is 0 Å². The van der Waals surface area contributed by atoms with E-state index in [2.05, 4.69) is 63.9 Å². The van der Waals surface area contributed by atoms with Crippen LogP contribution >= 0.6 is 11.3 Å². The maximum Gasteiger partial charge on any atom is 0.0328 e. The molecule has 1 rings (SSSR count). The highest BCUT2D eigenvalue weighted by molar-refractivity contribution is 7.11. The molecular weight excluding hydrogens is 276 g/mol. The smallest absolute Gasteiger partial charge is 0.0328 e. The van der Waals surface area contributed by atoms with Crippen LogP contribution in [0, 0.1) is 17.8 Å². The molecule has 0 radical (unpaired) electrons. The molecule has 0 aliphatic carbocycles. The molecule has 0 spiro atoms. The van der Waals surface area contributed by atoms with Crippen LogP contribution in [0.2, 0.25) is 0 Å². The summed E-state index contributed by atoms with van der Waals surface area (Å²) in [5.74, 6) is 2.18. The lowest BCUT2D eigenvalue weighted by atomic mass is 10.1. The second-order valence-electron chi connectivity index (χ2n) is 7.37. The van der Waals surface area contributed by atoms with E-state index in [9.17, 15) is 0 Å². The Hall–Kier alpha value is -0.380. The molecule has 0 fully saturated rings. The maximum atomic E-state index is 3.53. The van der Waals surface area contributed by atoms with Crippen molar-refractivity contribution in [1.29, 1.82) is 0 Å². The van der Waals surface area contributed by atoms with Crippen molar-refractivity contribution in [2.45, 2.75) is 54.6 Å². The zero-order chi connectivity index (χ0) is 15.8. The molecule has 1 aromatic heterocycles. The summed E-state index contributed by atoms with van der Waals surface area (Å²) < 4.78 is 0. The standard InChI is InChI=1S/C18H34N2S/c1-14(2)9-19-10-17-7-8-18(21-17)13-20(11-15(3)4)12-16(5)6/h7-8,14-16,19H,9-13H2,1-6H3. The molecule has 1 aromatic rings. The van der Waals surface area contributed by atoms with Gasteiger partial charge in [0.05, 0.1) is 0 Å². The van der Waals surface area contributed by atoms with Gasteiger partial charge in [-0.25, -0.2) is 0 Å². The third-order valence-corrected chi connectivity index (χ3v) is 4.27. The van der Waals surface area contributed by atoms with Gasteiger partial charge in [-0.05, 0) is 36.4 Å². The van der Waals surface area contributed by atoms with Crippen LogP contribution in [-0.4, -0.2) is 24.5 Å². The molecule has 3 heteroatoms. The van der Waals surface area contributed by atoms with E-state index in [1.807, 2.05) is 11.3 Å². The first-order valence-corrected chi connectivity index (χ1v) is 9.19. The Balaban J connectivity index is 2.49. The van der Waals surface area contributed by atoms with Crippen molar-refractivity contribution in [3.63, 3.8) is 0 Å². The van der Waals surface area contributed by atoms with Crippen LogP contribution < -0.4 is 5.32 Å². The molecule has 0 aromatic carbocycles. The third-order valence-electron chi connectivity index (χ3n) is 3.20. The van der Waals surface area contributed by atoms with Gasteiger partial charge in [-0.3, -0.25) is 4.90 Å². The van der Waals surface area contributed by atoms with E-state index in [0.29, 0.717) is 0 Å². The first-order valence-electron chi connectivity index (χ1n) is 8.37. The molecule has 0 unspecified atom stereocenters. The topological polar surface area (TPSA) is 15.3 Å². The highest BCUT2D eigenvalue weighted by Gasteiger charge is 2.11. The number of nitrogens with zero attached hydrogens (tertiary/aromatic N) is 1. The average Bonchev–Trinajstić information content (AvgIpc) is 2.74. The Bertz CT molecular complexity index is 372. The number of hydrogen-bond acceptors (Lipinski definition) is 3. The molecular formula is C18H34N2S. The van der Waals surface area contributed by atoms with Gasteiger partial charge < -0.3 is 5.32 Å². The Morgan fingerprint density at radius 2 is 1.48 bits per heavy atom. The fraction of sp³-hybridized carbons (Fsp3) is 0.778. The van der Waals surface area contributed by atoms with Gasteiger partial charge in [0.25, 0.3) is 0 Å². The van der Waals surface area contributed by atoms with Gasteiger partial charge in [0.2, 0.25) is 0 Å². The fourth-order valence-electron chi connectivity index (χ4n) is 2.54. The van der Waals surface area contributed by atoms with E-state index in [4.69, 9.17) is 0 Å². The van der Waals surface area contributed by atoms with Gasteiger partial charge in [-0.15, -0.1) is 11.3 Å². The van der Waals surface area contributed by atoms with E-state index in [-0.39, 0.29) is 0 Å². The van der Waals surface area contributed by atoms with Crippen molar-refractivity contribution in [2.75, 3.05) is 19.6 Å². The van der Waals surface area contributed by atoms with Crippen LogP contribution in [0.5, 0.6) is 0 Å². The molecule has 0 saturated heterocycles. The van der Waals surface area contributed by atoms with Crippen LogP contribution in [0.15, 0.2) is 12.1 Å². The largest absolute Gasteiger partial charge is 0.312 e. The molecule has 1 heterocycles. The minimum Gasteiger partial charge on any atom is -0.312 e. The van der Waals surface area contributed by atoms with Crippen molar-refractivity contribution in [3.8, 4) is 0 Å². The second kappa shape index (κ2) is 9.60. The number of thiophene rings is 1. The summed E-state index contributed by atoms with van der Waals surface area (Å²) in [5, 5.41) is 3.53. The number of rotatable bonds is 10. The van der Waals surface area contributed by atoms with Gasteiger partial charge in [-0.2, -0.15) is 0 Å². The van der Waals surface area contributed by atoms with Crippen molar-refractivity contribution in [2.24, 2.45) is 17.8 Å². The number of nitrogens with one attached hydrogen (secondary N) is 1. The summed E-state index contributed by atoms with van der Waals surface area (Å²) in [4.78, 5) is 5.56. The fourth-order valence-corrected chi connectivity index (χ4v) is 3.57. The molecule has 0 bridgehead atoms. The molecule has 0 aliphatic heterocycles. The zero-order valence-corrected chi connectivity index (χ0v) is 15.6. The molecule has 0 saturated carbocycles. The highest BCUT2D eigenvalue weighted by atomic mass is 32.1.